The first-order valence-electron chi connectivity index (χ1n) is 9.86. The molecule has 0 bridgehead atoms. The van der Waals surface area contributed by atoms with Gasteiger partial charge in [0.25, 0.3) is 0 Å². The molecule has 4 rings (SSSR count). The van der Waals surface area contributed by atoms with E-state index in [0.29, 0.717) is 27.2 Å². The van der Waals surface area contributed by atoms with Crippen molar-refractivity contribution in [3.05, 3.63) is 104 Å². The van der Waals surface area contributed by atoms with Crippen LogP contribution in [-0.2, 0) is 17.9 Å². The number of nitrogens with zero attached hydrogens (tertiary/aromatic N) is 3. The van der Waals surface area contributed by atoms with Gasteiger partial charge >= 0.3 is 0 Å². The Hall–Kier alpha value is -2.44. The predicted molar refractivity (Wildman–Crippen MR) is 126 cm³/mol. The lowest BCUT2D eigenvalue weighted by atomic mass is 10.1. The largest absolute Gasteiger partial charge is 0.367 e. The Morgan fingerprint density at radius 3 is 2.47 bits per heavy atom. The van der Waals surface area contributed by atoms with Crippen molar-refractivity contribution in [2.24, 2.45) is 0 Å². The highest BCUT2D eigenvalue weighted by atomic mass is 35.5. The molecule has 0 saturated heterocycles. The second-order valence-corrected chi connectivity index (χ2v) is 8.64. The third kappa shape index (κ3) is 5.48. The minimum atomic E-state index is -0.464. The van der Waals surface area contributed by atoms with Gasteiger partial charge in [0, 0.05) is 26.2 Å². The first kappa shape index (κ1) is 22.7. The zero-order valence-electron chi connectivity index (χ0n) is 17.1. The van der Waals surface area contributed by atoms with E-state index in [1.165, 1.54) is 17.7 Å². The van der Waals surface area contributed by atoms with Crippen molar-refractivity contribution in [1.29, 1.82) is 0 Å². The van der Waals surface area contributed by atoms with Gasteiger partial charge in [-0.15, -0.1) is 5.10 Å². The number of halogens is 4. The summed E-state index contributed by atoms with van der Waals surface area (Å²) >= 11 is 18.7. The molecule has 8 heteroatoms. The molecule has 0 radical (unpaired) electrons. The van der Waals surface area contributed by atoms with E-state index >= 15 is 0 Å². The van der Waals surface area contributed by atoms with Crippen LogP contribution in [0.15, 0.2) is 66.9 Å². The van der Waals surface area contributed by atoms with Crippen LogP contribution in [0, 0.1) is 12.7 Å². The molecular formula is C24H19Cl3FN3O. The fraction of sp³-hybridized carbons (Fsp3) is 0.167. The molecule has 0 aliphatic heterocycles. The van der Waals surface area contributed by atoms with Crippen molar-refractivity contribution >= 4 is 34.8 Å². The van der Waals surface area contributed by atoms with Crippen LogP contribution in [0.2, 0.25) is 15.1 Å². The van der Waals surface area contributed by atoms with E-state index in [4.69, 9.17) is 39.5 Å². The zero-order valence-corrected chi connectivity index (χ0v) is 19.4. The van der Waals surface area contributed by atoms with Crippen molar-refractivity contribution in [2.45, 2.75) is 26.2 Å². The van der Waals surface area contributed by atoms with Gasteiger partial charge < -0.3 is 4.74 Å². The van der Waals surface area contributed by atoms with E-state index in [-0.39, 0.29) is 6.61 Å². The summed E-state index contributed by atoms with van der Waals surface area (Å²) in [7, 11) is 0. The smallest absolute Gasteiger partial charge is 0.124 e. The standard InChI is InChI=1S/C24H19Cl3FN3O/c1-15-2-4-16(5-3-15)23-12-31(30-29-23)13-24(20-9-7-18(25)10-22(20)27)32-14-17-6-8-19(28)11-21(17)26/h2-12,24H,13-14H2,1H3. The molecule has 0 aliphatic carbocycles. The Morgan fingerprint density at radius 2 is 1.75 bits per heavy atom. The molecule has 1 heterocycles. The van der Waals surface area contributed by atoms with Crippen LogP contribution in [0.5, 0.6) is 0 Å². The number of aromatic nitrogens is 3. The molecule has 0 aliphatic rings. The van der Waals surface area contributed by atoms with Crippen LogP contribution in [0.3, 0.4) is 0 Å². The Bertz CT molecular complexity index is 1230. The highest BCUT2D eigenvalue weighted by Gasteiger charge is 2.19. The van der Waals surface area contributed by atoms with Gasteiger partial charge in [0.1, 0.15) is 17.6 Å². The van der Waals surface area contributed by atoms with E-state index in [9.17, 15) is 4.39 Å². The molecule has 1 aromatic heterocycles. The monoisotopic (exact) mass is 489 g/mol. The van der Waals surface area contributed by atoms with E-state index in [2.05, 4.69) is 10.3 Å². The van der Waals surface area contributed by atoms with Crippen LogP contribution in [0.1, 0.15) is 22.8 Å². The second-order valence-electron chi connectivity index (χ2n) is 7.39. The molecule has 4 aromatic rings. The van der Waals surface area contributed by atoms with Gasteiger partial charge in [-0.2, -0.15) is 0 Å². The van der Waals surface area contributed by atoms with E-state index in [1.807, 2.05) is 43.5 Å². The molecule has 0 amide bonds. The Labute approximate surface area is 200 Å². The van der Waals surface area contributed by atoms with Crippen LogP contribution >= 0.6 is 34.8 Å². The SMILES string of the molecule is Cc1ccc(-c2cn(CC(OCc3ccc(F)cc3Cl)c3ccc(Cl)cc3Cl)nn2)cc1. The van der Waals surface area contributed by atoms with Crippen LogP contribution in [0.4, 0.5) is 4.39 Å². The van der Waals surface area contributed by atoms with Crippen molar-refractivity contribution in [1.82, 2.24) is 15.0 Å². The topological polar surface area (TPSA) is 39.9 Å². The van der Waals surface area contributed by atoms with Crippen molar-refractivity contribution in [3.8, 4) is 11.3 Å². The van der Waals surface area contributed by atoms with Gasteiger partial charge in [-0.05, 0) is 36.8 Å². The van der Waals surface area contributed by atoms with Crippen molar-refractivity contribution in [2.75, 3.05) is 0 Å². The molecule has 4 nitrogen and oxygen atoms in total. The molecule has 0 fully saturated rings. The summed E-state index contributed by atoms with van der Waals surface area (Å²) in [6.07, 6.45) is 1.39. The van der Waals surface area contributed by atoms with Gasteiger partial charge in [-0.25, -0.2) is 9.07 Å². The summed E-state index contributed by atoms with van der Waals surface area (Å²) in [4.78, 5) is 0. The molecular weight excluding hydrogens is 472 g/mol. The van der Waals surface area contributed by atoms with Gasteiger partial charge in [0.15, 0.2) is 0 Å². The average molecular weight is 491 g/mol. The first-order chi connectivity index (χ1) is 15.4. The molecule has 3 aromatic carbocycles. The van der Waals surface area contributed by atoms with Gasteiger partial charge in [0.2, 0.25) is 0 Å². The maximum absolute atomic E-state index is 13.4. The lowest BCUT2D eigenvalue weighted by Gasteiger charge is -2.20. The van der Waals surface area contributed by atoms with Crippen molar-refractivity contribution in [3.63, 3.8) is 0 Å². The normalized spacial score (nSPS) is 12.2. The first-order valence-corrected chi connectivity index (χ1v) is 11.0. The highest BCUT2D eigenvalue weighted by molar-refractivity contribution is 6.35. The molecule has 32 heavy (non-hydrogen) atoms. The number of ether oxygens (including phenoxy) is 1. The number of hydrogen-bond donors (Lipinski definition) is 0. The minimum absolute atomic E-state index is 0.169. The number of aryl methyl sites for hydroxylation is 1. The number of rotatable bonds is 7. The highest BCUT2D eigenvalue weighted by Crippen LogP contribution is 2.31. The summed E-state index contributed by atoms with van der Waals surface area (Å²) in [5.74, 6) is -0.401. The lowest BCUT2D eigenvalue weighted by molar-refractivity contribution is 0.0254. The number of benzene rings is 3. The summed E-state index contributed by atoms with van der Waals surface area (Å²) in [5.41, 5.74) is 4.32. The third-order valence-electron chi connectivity index (χ3n) is 5.00. The van der Waals surface area contributed by atoms with E-state index in [0.717, 1.165) is 16.8 Å². The maximum Gasteiger partial charge on any atom is 0.124 e. The minimum Gasteiger partial charge on any atom is -0.367 e. The van der Waals surface area contributed by atoms with E-state index < -0.39 is 11.9 Å². The summed E-state index contributed by atoms with van der Waals surface area (Å²) in [6, 6.07) is 17.5. The Balaban J connectivity index is 1.58. The van der Waals surface area contributed by atoms with Gasteiger partial charge in [-0.3, -0.25) is 0 Å². The second kappa shape index (κ2) is 10.0. The zero-order chi connectivity index (χ0) is 22.7. The third-order valence-corrected chi connectivity index (χ3v) is 5.92. The van der Waals surface area contributed by atoms with E-state index in [1.54, 1.807) is 22.9 Å². The fourth-order valence-electron chi connectivity index (χ4n) is 3.25. The lowest BCUT2D eigenvalue weighted by Crippen LogP contribution is -2.14. The van der Waals surface area contributed by atoms with Crippen LogP contribution in [0.25, 0.3) is 11.3 Å². The predicted octanol–water partition coefficient (Wildman–Crippen LogP) is 7.31. The maximum atomic E-state index is 13.4. The quantitative estimate of drug-likeness (QED) is 0.273. The van der Waals surface area contributed by atoms with Crippen molar-refractivity contribution < 1.29 is 9.13 Å². The molecule has 0 N–H and O–H groups in total. The number of hydrogen-bond acceptors (Lipinski definition) is 3. The molecule has 0 spiro atoms. The average Bonchev–Trinajstić information content (AvgIpc) is 3.21. The van der Waals surface area contributed by atoms with Crippen LogP contribution in [-0.4, -0.2) is 15.0 Å². The summed E-state index contributed by atoms with van der Waals surface area (Å²) in [5, 5.41) is 9.84. The van der Waals surface area contributed by atoms with Gasteiger partial charge in [0.05, 0.1) is 19.3 Å². The fourth-order valence-corrected chi connectivity index (χ4v) is 4.00. The molecule has 164 valence electrons. The molecule has 0 saturated carbocycles. The molecule has 1 atom stereocenters. The summed E-state index contributed by atoms with van der Waals surface area (Å²) < 4.78 is 21.3. The molecule has 1 unspecified atom stereocenters. The summed E-state index contributed by atoms with van der Waals surface area (Å²) in [6.45, 7) is 2.56. The van der Waals surface area contributed by atoms with Gasteiger partial charge in [-0.1, -0.05) is 82.0 Å². The van der Waals surface area contributed by atoms with Crippen LogP contribution < -0.4 is 0 Å². The Kier molecular flexibility index (Phi) is 7.11. The Morgan fingerprint density at radius 1 is 0.969 bits per heavy atom.